The Morgan fingerprint density at radius 3 is 2.31 bits per heavy atom. The predicted octanol–water partition coefficient (Wildman–Crippen LogP) is 7.93. The van der Waals surface area contributed by atoms with Crippen molar-refractivity contribution >= 4 is 36.2 Å². The topological polar surface area (TPSA) is 83.0 Å². The SMILES string of the molecule is CN(Cc1cccc(Br)n1)C(=O)c1ccc(C[C@H]2CC[C@@H]([C@H](O[Si](C)(C)C(C)(C)C)c3ccccc3)N2C(=O)O)cc1. The number of carbonyl (C=O) groups excluding carboxylic acids is 1. The van der Waals surface area contributed by atoms with E-state index >= 15 is 0 Å². The Hall–Kier alpha value is -3.01. The first kappa shape index (κ1) is 31.9. The van der Waals surface area contributed by atoms with Crippen LogP contribution in [0.15, 0.2) is 77.4 Å². The van der Waals surface area contributed by atoms with Gasteiger partial charge in [-0.15, -0.1) is 0 Å². The lowest BCUT2D eigenvalue weighted by Crippen LogP contribution is -2.49. The molecule has 2 heterocycles. The number of carbonyl (C=O) groups is 2. The zero-order valence-corrected chi connectivity index (χ0v) is 28.0. The lowest BCUT2D eigenvalue weighted by molar-refractivity contribution is 0.0598. The molecule has 1 N–H and O–H groups in total. The van der Waals surface area contributed by atoms with Gasteiger partial charge in [-0.1, -0.05) is 69.3 Å². The molecule has 0 unspecified atom stereocenters. The normalized spacial score (nSPS) is 18.1. The Morgan fingerprint density at radius 2 is 1.71 bits per heavy atom. The van der Waals surface area contributed by atoms with E-state index in [1.54, 1.807) is 16.8 Å². The molecule has 1 saturated heterocycles. The van der Waals surface area contributed by atoms with Gasteiger partial charge in [-0.05, 0) is 88.7 Å². The second-order valence-corrected chi connectivity index (χ2v) is 18.3. The number of likely N-dealkylation sites (tertiary alicyclic amines) is 1. The Morgan fingerprint density at radius 1 is 1.05 bits per heavy atom. The van der Waals surface area contributed by atoms with Crippen molar-refractivity contribution in [1.29, 1.82) is 0 Å². The number of hydrogen-bond donors (Lipinski definition) is 1. The average Bonchev–Trinajstić information content (AvgIpc) is 3.35. The Kier molecular flexibility index (Phi) is 9.95. The molecule has 1 fully saturated rings. The summed E-state index contributed by atoms with van der Waals surface area (Å²) in [5, 5.41) is 10.4. The molecule has 4 rings (SSSR count). The van der Waals surface area contributed by atoms with E-state index in [2.05, 4.69) is 54.8 Å². The van der Waals surface area contributed by atoms with Crippen molar-refractivity contribution in [3.05, 3.63) is 99.8 Å². The predicted molar refractivity (Wildman–Crippen MR) is 172 cm³/mol. The van der Waals surface area contributed by atoms with Gasteiger partial charge in [0.05, 0.1) is 24.4 Å². The van der Waals surface area contributed by atoms with Gasteiger partial charge in [0.25, 0.3) is 5.91 Å². The van der Waals surface area contributed by atoms with Crippen molar-refractivity contribution < 1.29 is 19.1 Å². The number of hydrogen-bond acceptors (Lipinski definition) is 4. The summed E-state index contributed by atoms with van der Waals surface area (Å²) in [6, 6.07) is 22.8. The van der Waals surface area contributed by atoms with Gasteiger partial charge >= 0.3 is 6.09 Å². The number of amides is 2. The van der Waals surface area contributed by atoms with Crippen LogP contribution < -0.4 is 0 Å². The number of pyridine rings is 1. The summed E-state index contributed by atoms with van der Waals surface area (Å²) in [6.45, 7) is 11.5. The van der Waals surface area contributed by atoms with Gasteiger partial charge in [-0.2, -0.15) is 0 Å². The van der Waals surface area contributed by atoms with Crippen molar-refractivity contribution in [2.45, 2.75) is 82.9 Å². The molecule has 2 amide bonds. The van der Waals surface area contributed by atoms with Crippen LogP contribution in [0.4, 0.5) is 4.79 Å². The van der Waals surface area contributed by atoms with Crippen LogP contribution >= 0.6 is 15.9 Å². The van der Waals surface area contributed by atoms with Gasteiger partial charge in [0, 0.05) is 18.7 Å². The molecule has 42 heavy (non-hydrogen) atoms. The number of aromatic nitrogens is 1. The molecule has 0 radical (unpaired) electrons. The largest absolute Gasteiger partial charge is 0.465 e. The molecule has 1 aliphatic rings. The van der Waals surface area contributed by atoms with E-state index in [4.69, 9.17) is 4.43 Å². The molecule has 0 spiro atoms. The van der Waals surface area contributed by atoms with Crippen LogP contribution in [0.2, 0.25) is 18.1 Å². The third-order valence-electron chi connectivity index (χ3n) is 8.66. The highest BCUT2D eigenvalue weighted by molar-refractivity contribution is 9.10. The highest BCUT2D eigenvalue weighted by Crippen LogP contribution is 2.44. The van der Waals surface area contributed by atoms with Gasteiger partial charge < -0.3 is 14.4 Å². The summed E-state index contributed by atoms with van der Waals surface area (Å²) in [5.74, 6) is -0.0927. The number of nitrogens with zero attached hydrogens (tertiary/aromatic N) is 3. The molecule has 2 aromatic carbocycles. The van der Waals surface area contributed by atoms with Gasteiger partial charge in [0.15, 0.2) is 8.32 Å². The van der Waals surface area contributed by atoms with E-state index < -0.39 is 14.4 Å². The second kappa shape index (κ2) is 13.1. The fraction of sp³-hybridized carbons (Fsp3) is 0.424. The molecule has 224 valence electrons. The lowest BCUT2D eigenvalue weighted by Gasteiger charge is -2.42. The maximum atomic E-state index is 13.1. The number of carboxylic acid groups (broad SMARTS) is 1. The van der Waals surface area contributed by atoms with Crippen LogP contribution in [0.5, 0.6) is 0 Å². The number of rotatable bonds is 9. The van der Waals surface area contributed by atoms with Gasteiger partial charge in [0.2, 0.25) is 0 Å². The molecule has 0 saturated carbocycles. The van der Waals surface area contributed by atoms with E-state index in [0.717, 1.165) is 34.3 Å². The molecular formula is C33H42BrN3O4Si. The molecule has 7 nitrogen and oxygen atoms in total. The summed E-state index contributed by atoms with van der Waals surface area (Å²) in [6.07, 6.45) is 0.817. The fourth-order valence-electron chi connectivity index (χ4n) is 5.34. The van der Waals surface area contributed by atoms with Crippen molar-refractivity contribution in [3.63, 3.8) is 0 Å². The highest BCUT2D eigenvalue weighted by Gasteiger charge is 2.46. The maximum absolute atomic E-state index is 13.1. The first-order valence-electron chi connectivity index (χ1n) is 14.5. The molecule has 1 aromatic heterocycles. The van der Waals surface area contributed by atoms with E-state index in [9.17, 15) is 14.7 Å². The molecule has 0 bridgehead atoms. The zero-order valence-electron chi connectivity index (χ0n) is 25.4. The first-order valence-corrected chi connectivity index (χ1v) is 18.2. The van der Waals surface area contributed by atoms with E-state index in [1.165, 1.54) is 0 Å². The zero-order chi connectivity index (χ0) is 30.7. The average molecular weight is 653 g/mol. The van der Waals surface area contributed by atoms with Crippen molar-refractivity contribution in [2.24, 2.45) is 0 Å². The molecule has 3 aromatic rings. The standard InChI is InChI=1S/C33H42BrN3O4Si/c1-33(2,3)42(5,6)41-30(24-11-8-7-9-12-24)28-20-19-27(37(28)32(39)40)21-23-15-17-25(18-16-23)31(38)36(4)22-26-13-10-14-29(34)35-26/h7-18,27-28,30H,19-22H2,1-6H3,(H,39,40)/t27-,28+,30-/m1/s1. The third-order valence-corrected chi connectivity index (χ3v) is 13.6. The first-order chi connectivity index (χ1) is 19.8. The van der Waals surface area contributed by atoms with E-state index in [1.807, 2.05) is 72.8 Å². The molecule has 3 atom stereocenters. The lowest BCUT2D eigenvalue weighted by atomic mass is 10.0. The van der Waals surface area contributed by atoms with Crippen molar-refractivity contribution in [2.75, 3.05) is 7.05 Å². The van der Waals surface area contributed by atoms with Gasteiger partial charge in [0.1, 0.15) is 4.60 Å². The Balaban J connectivity index is 1.50. The summed E-state index contributed by atoms with van der Waals surface area (Å²) < 4.78 is 7.68. The van der Waals surface area contributed by atoms with E-state index in [0.29, 0.717) is 18.5 Å². The number of benzene rings is 2. The second-order valence-electron chi connectivity index (χ2n) is 12.7. The third kappa shape index (κ3) is 7.49. The van der Waals surface area contributed by atoms with Gasteiger partial charge in [-0.25, -0.2) is 9.78 Å². The van der Waals surface area contributed by atoms with Crippen LogP contribution in [-0.4, -0.2) is 59.3 Å². The minimum Gasteiger partial charge on any atom is -0.465 e. The minimum atomic E-state index is -2.19. The summed E-state index contributed by atoms with van der Waals surface area (Å²) in [7, 11) is -0.434. The van der Waals surface area contributed by atoms with Crippen LogP contribution in [0, 0.1) is 0 Å². The van der Waals surface area contributed by atoms with Crippen LogP contribution in [0.25, 0.3) is 0 Å². The van der Waals surface area contributed by atoms with Crippen LogP contribution in [0.1, 0.15) is 66.9 Å². The minimum absolute atomic E-state index is 0.00616. The molecule has 1 aliphatic heterocycles. The monoisotopic (exact) mass is 651 g/mol. The molecule has 0 aliphatic carbocycles. The van der Waals surface area contributed by atoms with E-state index in [-0.39, 0.29) is 29.1 Å². The summed E-state index contributed by atoms with van der Waals surface area (Å²) in [4.78, 5) is 33.5. The quantitative estimate of drug-likeness (QED) is 0.188. The highest BCUT2D eigenvalue weighted by atomic mass is 79.9. The van der Waals surface area contributed by atoms with Crippen LogP contribution in [0.3, 0.4) is 0 Å². The van der Waals surface area contributed by atoms with Gasteiger partial charge in [-0.3, -0.25) is 9.69 Å². The number of halogens is 1. The van der Waals surface area contributed by atoms with Crippen molar-refractivity contribution in [1.82, 2.24) is 14.8 Å². The molecular weight excluding hydrogens is 610 g/mol. The summed E-state index contributed by atoms with van der Waals surface area (Å²) >= 11 is 3.37. The van der Waals surface area contributed by atoms with Crippen LogP contribution in [-0.2, 0) is 17.4 Å². The fourth-order valence-corrected chi connectivity index (χ4v) is 7.00. The van der Waals surface area contributed by atoms with Crippen molar-refractivity contribution in [3.8, 4) is 0 Å². The maximum Gasteiger partial charge on any atom is 0.407 e. The summed E-state index contributed by atoms with van der Waals surface area (Å²) in [5.41, 5.74) is 3.40. The smallest absolute Gasteiger partial charge is 0.407 e. The Bertz CT molecular complexity index is 1380. The molecule has 9 heteroatoms. The Labute approximate surface area is 259 Å².